The molecule has 0 spiro atoms. The molecule has 0 bridgehead atoms. The van der Waals surface area contributed by atoms with E-state index in [4.69, 9.17) is 16.2 Å². The van der Waals surface area contributed by atoms with Crippen molar-refractivity contribution in [1.82, 2.24) is 14.5 Å². The van der Waals surface area contributed by atoms with Gasteiger partial charge in [-0.2, -0.15) is 0 Å². The summed E-state index contributed by atoms with van der Waals surface area (Å²) < 4.78 is 8.69. The molecule has 7 nitrogen and oxygen atoms in total. The lowest BCUT2D eigenvalue weighted by Gasteiger charge is -2.36. The van der Waals surface area contributed by atoms with Crippen molar-refractivity contribution in [3.63, 3.8) is 0 Å². The number of benzene rings is 2. The highest BCUT2D eigenvalue weighted by atomic mass is 16.5. The lowest BCUT2D eigenvalue weighted by atomic mass is 9.77. The second kappa shape index (κ2) is 8.73. The maximum atomic E-state index is 11.1. The first-order chi connectivity index (χ1) is 17.1. The summed E-state index contributed by atoms with van der Waals surface area (Å²) >= 11 is 0. The first kappa shape index (κ1) is 21.6. The van der Waals surface area contributed by atoms with Gasteiger partial charge in [-0.3, -0.25) is 4.79 Å². The lowest BCUT2D eigenvalue weighted by Crippen LogP contribution is -2.27. The Kier molecular flexibility index (Phi) is 5.40. The highest BCUT2D eigenvalue weighted by Crippen LogP contribution is 2.45. The monoisotopic (exact) mass is 467 g/mol. The largest absolute Gasteiger partial charge is 0.485 e. The fourth-order valence-electron chi connectivity index (χ4n) is 5.55. The molecule has 2 aromatic heterocycles. The van der Waals surface area contributed by atoms with Crippen molar-refractivity contribution in [2.45, 2.75) is 50.7 Å². The van der Waals surface area contributed by atoms with Crippen molar-refractivity contribution in [2.24, 2.45) is 11.7 Å². The molecule has 1 fully saturated rings. The predicted octanol–water partition coefficient (Wildman–Crippen LogP) is 4.96. The SMILES string of the molecule is NC(=O)CCC1CC(n2cc(-c3ccc4c(c3)OC(c3ccccc3)CC4)c3c(N)ncnc32)C1. The van der Waals surface area contributed by atoms with Crippen LogP contribution in [0.5, 0.6) is 5.75 Å². The van der Waals surface area contributed by atoms with Gasteiger partial charge in [-0.1, -0.05) is 42.5 Å². The molecule has 1 atom stereocenters. The van der Waals surface area contributed by atoms with E-state index in [1.807, 2.05) is 6.07 Å². The molecule has 178 valence electrons. The predicted molar refractivity (Wildman–Crippen MR) is 136 cm³/mol. The first-order valence-corrected chi connectivity index (χ1v) is 12.3. The second-order valence-electron chi connectivity index (χ2n) is 9.78. The van der Waals surface area contributed by atoms with Gasteiger partial charge in [0.15, 0.2) is 0 Å². The highest BCUT2D eigenvalue weighted by molar-refractivity contribution is 6.00. The quantitative estimate of drug-likeness (QED) is 0.416. The van der Waals surface area contributed by atoms with Gasteiger partial charge in [-0.25, -0.2) is 9.97 Å². The summed E-state index contributed by atoms with van der Waals surface area (Å²) in [6, 6.07) is 17.2. The molecule has 3 heterocycles. The minimum absolute atomic E-state index is 0.0565. The van der Waals surface area contributed by atoms with Crippen LogP contribution in [0.25, 0.3) is 22.2 Å². The van der Waals surface area contributed by atoms with Crippen LogP contribution in [-0.4, -0.2) is 20.4 Å². The smallest absolute Gasteiger partial charge is 0.217 e. The van der Waals surface area contributed by atoms with Crippen molar-refractivity contribution in [1.29, 1.82) is 0 Å². The van der Waals surface area contributed by atoms with Crippen molar-refractivity contribution in [3.05, 3.63) is 72.2 Å². The number of anilines is 1. The van der Waals surface area contributed by atoms with E-state index in [1.165, 1.54) is 17.5 Å². The van der Waals surface area contributed by atoms with Gasteiger partial charge in [-0.15, -0.1) is 0 Å². The summed E-state index contributed by atoms with van der Waals surface area (Å²) in [5.74, 6) is 1.69. The fourth-order valence-corrected chi connectivity index (χ4v) is 5.55. The van der Waals surface area contributed by atoms with E-state index in [-0.39, 0.29) is 12.0 Å². The molecule has 0 saturated heterocycles. The van der Waals surface area contributed by atoms with E-state index < -0.39 is 0 Å². The summed E-state index contributed by atoms with van der Waals surface area (Å²) in [5.41, 5.74) is 17.0. The van der Waals surface area contributed by atoms with E-state index in [0.717, 1.165) is 60.0 Å². The zero-order chi connectivity index (χ0) is 23.9. The van der Waals surface area contributed by atoms with Crippen LogP contribution >= 0.6 is 0 Å². The fraction of sp³-hybridized carbons (Fsp3) is 0.321. The third-order valence-electron chi connectivity index (χ3n) is 7.54. The normalized spacial score (nSPS) is 21.2. The number of carbonyl (C=O) groups excluding carboxylic acids is 1. The van der Waals surface area contributed by atoms with Crippen LogP contribution in [0, 0.1) is 5.92 Å². The molecule has 1 amide bonds. The molecule has 2 aromatic carbocycles. The number of carbonyl (C=O) groups is 1. The van der Waals surface area contributed by atoms with Gasteiger partial charge in [0.25, 0.3) is 0 Å². The molecule has 1 saturated carbocycles. The average molecular weight is 468 g/mol. The Morgan fingerprint density at radius 2 is 1.94 bits per heavy atom. The molecule has 6 rings (SSSR count). The molecular formula is C28H29N5O2. The van der Waals surface area contributed by atoms with Gasteiger partial charge >= 0.3 is 0 Å². The summed E-state index contributed by atoms with van der Waals surface area (Å²) in [4.78, 5) is 20.0. The lowest BCUT2D eigenvalue weighted by molar-refractivity contribution is -0.118. The zero-order valence-electron chi connectivity index (χ0n) is 19.6. The van der Waals surface area contributed by atoms with E-state index in [0.29, 0.717) is 24.2 Å². The number of rotatable bonds is 6. The number of hydrogen-bond donors (Lipinski definition) is 2. The third-order valence-corrected chi connectivity index (χ3v) is 7.54. The average Bonchev–Trinajstić information content (AvgIpc) is 3.23. The minimum Gasteiger partial charge on any atom is -0.485 e. The summed E-state index contributed by atoms with van der Waals surface area (Å²) in [6.07, 6.45) is 9.00. The van der Waals surface area contributed by atoms with Gasteiger partial charge in [0, 0.05) is 24.2 Å². The molecule has 35 heavy (non-hydrogen) atoms. The molecule has 4 N–H and O–H groups in total. The number of hydrogen-bond acceptors (Lipinski definition) is 5. The number of aromatic nitrogens is 3. The van der Waals surface area contributed by atoms with E-state index in [2.05, 4.69) is 63.2 Å². The van der Waals surface area contributed by atoms with E-state index >= 15 is 0 Å². The zero-order valence-corrected chi connectivity index (χ0v) is 19.6. The number of ether oxygens (including phenoxy) is 1. The Labute approximate surface area is 204 Å². The van der Waals surface area contributed by atoms with Gasteiger partial charge < -0.3 is 20.8 Å². The molecule has 2 aliphatic rings. The molecular weight excluding hydrogens is 438 g/mol. The Morgan fingerprint density at radius 3 is 2.74 bits per heavy atom. The van der Waals surface area contributed by atoms with Gasteiger partial charge in [0.2, 0.25) is 5.91 Å². The van der Waals surface area contributed by atoms with Crippen LogP contribution in [0.2, 0.25) is 0 Å². The van der Waals surface area contributed by atoms with Crippen molar-refractivity contribution in [3.8, 4) is 16.9 Å². The second-order valence-corrected chi connectivity index (χ2v) is 9.78. The molecule has 7 heteroatoms. The highest BCUT2D eigenvalue weighted by Gasteiger charge is 2.32. The number of nitrogens with two attached hydrogens (primary N) is 2. The standard InChI is InChI=1S/C28H29N5O2/c29-25(34)11-6-17-12-21(13-17)33-15-22(26-27(30)31-16-32-28(26)33)20-8-7-19-9-10-23(35-24(19)14-20)18-4-2-1-3-5-18/h1-5,7-8,14-17,21,23H,6,9-13H2,(H2,29,34)(H2,30,31,32). The molecule has 1 aliphatic carbocycles. The van der Waals surface area contributed by atoms with Gasteiger partial charge in [-0.05, 0) is 60.8 Å². The first-order valence-electron chi connectivity index (χ1n) is 12.3. The Bertz CT molecular complexity index is 1390. The summed E-state index contributed by atoms with van der Waals surface area (Å²) in [7, 11) is 0. The summed E-state index contributed by atoms with van der Waals surface area (Å²) in [5, 5.41) is 0.878. The van der Waals surface area contributed by atoms with Crippen molar-refractivity contribution < 1.29 is 9.53 Å². The Morgan fingerprint density at radius 1 is 1.11 bits per heavy atom. The number of nitrogen functional groups attached to an aromatic ring is 1. The van der Waals surface area contributed by atoms with Gasteiger partial charge in [0.1, 0.15) is 29.6 Å². The summed E-state index contributed by atoms with van der Waals surface area (Å²) in [6.45, 7) is 0. The number of nitrogens with zero attached hydrogens (tertiary/aromatic N) is 3. The van der Waals surface area contributed by atoms with Crippen LogP contribution in [0.3, 0.4) is 0 Å². The van der Waals surface area contributed by atoms with Crippen LogP contribution in [-0.2, 0) is 11.2 Å². The van der Waals surface area contributed by atoms with Crippen LogP contribution in [0.15, 0.2) is 61.1 Å². The Hall–Kier alpha value is -3.87. The maximum Gasteiger partial charge on any atom is 0.217 e. The number of aryl methyl sites for hydroxylation is 1. The number of primary amides is 1. The molecule has 1 aliphatic heterocycles. The minimum atomic E-state index is -0.230. The van der Waals surface area contributed by atoms with Crippen LogP contribution in [0.1, 0.15) is 55.4 Å². The molecule has 1 unspecified atom stereocenters. The number of fused-ring (bicyclic) bond motifs is 2. The molecule has 0 radical (unpaired) electrons. The Balaban J connectivity index is 1.32. The maximum absolute atomic E-state index is 11.1. The van der Waals surface area contributed by atoms with Crippen molar-refractivity contribution >= 4 is 22.8 Å². The van der Waals surface area contributed by atoms with E-state index in [9.17, 15) is 4.79 Å². The molecule has 4 aromatic rings. The van der Waals surface area contributed by atoms with Crippen molar-refractivity contribution in [2.75, 3.05) is 5.73 Å². The van der Waals surface area contributed by atoms with Gasteiger partial charge in [0.05, 0.1) is 5.39 Å². The topological polar surface area (TPSA) is 109 Å². The van der Waals surface area contributed by atoms with Crippen LogP contribution in [0.4, 0.5) is 5.82 Å². The third kappa shape index (κ3) is 4.01. The number of amides is 1. The van der Waals surface area contributed by atoms with Crippen LogP contribution < -0.4 is 16.2 Å². The van der Waals surface area contributed by atoms with E-state index in [1.54, 1.807) is 0 Å².